The molecule has 0 aromatic heterocycles. The highest BCUT2D eigenvalue weighted by Crippen LogP contribution is 2.35. The molecule has 0 spiro atoms. The van der Waals surface area contributed by atoms with Gasteiger partial charge < -0.3 is 14.8 Å². The van der Waals surface area contributed by atoms with Crippen molar-refractivity contribution in [1.82, 2.24) is 5.32 Å². The summed E-state index contributed by atoms with van der Waals surface area (Å²) in [6, 6.07) is 22.6. The van der Waals surface area contributed by atoms with Crippen LogP contribution in [0.25, 0.3) is 6.08 Å². The second-order valence-electron chi connectivity index (χ2n) is 7.02. The molecule has 7 heteroatoms. The van der Waals surface area contributed by atoms with Gasteiger partial charge in [-0.3, -0.25) is 4.79 Å². The Morgan fingerprint density at radius 1 is 1.09 bits per heavy atom. The summed E-state index contributed by atoms with van der Waals surface area (Å²) in [5.41, 5.74) is 2.62. The molecule has 5 nitrogen and oxygen atoms in total. The van der Waals surface area contributed by atoms with E-state index in [-0.39, 0.29) is 5.57 Å². The highest BCUT2D eigenvalue weighted by atomic mass is 127. The SMILES string of the molecule is CCOc1cc(/C=C(\C#N)C(=O)NCc2ccccc2)cc(I)c1OCc1ccc(Cl)cc1. The second-order valence-corrected chi connectivity index (χ2v) is 8.61. The van der Waals surface area contributed by atoms with Crippen molar-refractivity contribution in [2.45, 2.75) is 20.1 Å². The van der Waals surface area contributed by atoms with Crippen LogP contribution in [-0.2, 0) is 17.9 Å². The normalized spacial score (nSPS) is 10.9. The van der Waals surface area contributed by atoms with Crippen molar-refractivity contribution in [1.29, 1.82) is 5.26 Å². The Labute approximate surface area is 212 Å². The number of ether oxygens (including phenoxy) is 2. The number of nitrogens with zero attached hydrogens (tertiary/aromatic N) is 1. The fourth-order valence-corrected chi connectivity index (χ4v) is 3.91. The maximum Gasteiger partial charge on any atom is 0.262 e. The Morgan fingerprint density at radius 2 is 1.82 bits per heavy atom. The van der Waals surface area contributed by atoms with Gasteiger partial charge in [-0.05, 0) is 76.5 Å². The number of nitriles is 1. The largest absolute Gasteiger partial charge is 0.490 e. The Kier molecular flexibility index (Phi) is 9.16. The van der Waals surface area contributed by atoms with E-state index in [0.29, 0.717) is 41.8 Å². The molecule has 0 saturated heterocycles. The lowest BCUT2D eigenvalue weighted by molar-refractivity contribution is -0.117. The molecule has 0 atom stereocenters. The summed E-state index contributed by atoms with van der Waals surface area (Å²) < 4.78 is 12.6. The van der Waals surface area contributed by atoms with Crippen LogP contribution in [0.3, 0.4) is 0 Å². The molecule has 0 bridgehead atoms. The minimum atomic E-state index is -0.433. The highest BCUT2D eigenvalue weighted by molar-refractivity contribution is 14.1. The standard InChI is InChI=1S/C26H22ClIN2O3/c1-2-32-24-14-20(12-21(15-29)26(31)30-16-18-6-4-3-5-7-18)13-23(28)25(24)33-17-19-8-10-22(27)11-9-19/h3-14H,2,16-17H2,1H3,(H,30,31)/b21-12+. The van der Waals surface area contributed by atoms with Gasteiger partial charge in [0, 0.05) is 11.6 Å². The van der Waals surface area contributed by atoms with E-state index >= 15 is 0 Å². The van der Waals surface area contributed by atoms with Crippen LogP contribution in [0.5, 0.6) is 11.5 Å². The summed E-state index contributed by atoms with van der Waals surface area (Å²) in [5, 5.41) is 13.0. The van der Waals surface area contributed by atoms with Gasteiger partial charge >= 0.3 is 0 Å². The Bertz CT molecular complexity index is 1170. The Hall–Kier alpha value is -3.02. The molecule has 33 heavy (non-hydrogen) atoms. The predicted octanol–water partition coefficient (Wildman–Crippen LogP) is 6.15. The molecule has 0 saturated carbocycles. The van der Waals surface area contributed by atoms with Crippen LogP contribution in [0.15, 0.2) is 72.3 Å². The molecule has 168 valence electrons. The Morgan fingerprint density at radius 3 is 2.48 bits per heavy atom. The molecule has 1 N–H and O–H groups in total. The van der Waals surface area contributed by atoms with E-state index in [1.54, 1.807) is 12.1 Å². The average Bonchev–Trinajstić information content (AvgIpc) is 2.82. The van der Waals surface area contributed by atoms with Gasteiger partial charge in [0.25, 0.3) is 5.91 Å². The smallest absolute Gasteiger partial charge is 0.262 e. The first kappa shape index (κ1) is 24.6. The van der Waals surface area contributed by atoms with Gasteiger partial charge in [-0.2, -0.15) is 5.26 Å². The average molecular weight is 573 g/mol. The van der Waals surface area contributed by atoms with Crippen molar-refractivity contribution in [2.24, 2.45) is 0 Å². The zero-order valence-corrected chi connectivity index (χ0v) is 20.9. The van der Waals surface area contributed by atoms with E-state index in [9.17, 15) is 10.1 Å². The first-order valence-corrected chi connectivity index (χ1v) is 11.7. The molecule has 0 radical (unpaired) electrons. The number of amides is 1. The summed E-state index contributed by atoms with van der Waals surface area (Å²) >= 11 is 8.11. The molecular weight excluding hydrogens is 551 g/mol. The number of carbonyl (C=O) groups is 1. The molecule has 0 aliphatic rings. The van der Waals surface area contributed by atoms with Gasteiger partial charge in [0.1, 0.15) is 18.2 Å². The van der Waals surface area contributed by atoms with Crippen molar-refractivity contribution in [3.63, 3.8) is 0 Å². The quantitative estimate of drug-likeness (QED) is 0.190. The fourth-order valence-electron chi connectivity index (χ4n) is 3.00. The molecule has 0 unspecified atom stereocenters. The van der Waals surface area contributed by atoms with Gasteiger partial charge in [0.15, 0.2) is 11.5 Å². The maximum absolute atomic E-state index is 12.5. The van der Waals surface area contributed by atoms with E-state index in [1.807, 2.05) is 73.7 Å². The second kappa shape index (κ2) is 12.3. The van der Waals surface area contributed by atoms with Crippen molar-refractivity contribution in [3.8, 4) is 17.6 Å². The fraction of sp³-hybridized carbons (Fsp3) is 0.154. The van der Waals surface area contributed by atoms with Gasteiger partial charge in [0.2, 0.25) is 0 Å². The van der Waals surface area contributed by atoms with Crippen LogP contribution in [-0.4, -0.2) is 12.5 Å². The molecule has 0 aliphatic carbocycles. The summed E-state index contributed by atoms with van der Waals surface area (Å²) in [5.74, 6) is 0.723. The Balaban J connectivity index is 1.78. The van der Waals surface area contributed by atoms with Crippen LogP contribution in [0.2, 0.25) is 5.02 Å². The lowest BCUT2D eigenvalue weighted by Crippen LogP contribution is -2.23. The third kappa shape index (κ3) is 7.24. The zero-order chi connectivity index (χ0) is 23.6. The number of nitrogens with one attached hydrogen (secondary N) is 1. The van der Waals surface area contributed by atoms with Crippen LogP contribution >= 0.6 is 34.2 Å². The zero-order valence-electron chi connectivity index (χ0n) is 18.0. The van der Waals surface area contributed by atoms with E-state index in [1.165, 1.54) is 0 Å². The molecule has 3 aromatic rings. The number of carbonyl (C=O) groups excluding carboxylic acids is 1. The van der Waals surface area contributed by atoms with Gasteiger partial charge in [-0.1, -0.05) is 54.1 Å². The lowest BCUT2D eigenvalue weighted by Gasteiger charge is -2.15. The molecule has 0 heterocycles. The monoisotopic (exact) mass is 572 g/mol. The molecule has 0 aliphatic heterocycles. The van der Waals surface area contributed by atoms with Gasteiger partial charge in [0.05, 0.1) is 10.2 Å². The molecule has 3 rings (SSSR count). The van der Waals surface area contributed by atoms with Gasteiger partial charge in [-0.15, -0.1) is 0 Å². The number of benzene rings is 3. The van der Waals surface area contributed by atoms with Crippen LogP contribution < -0.4 is 14.8 Å². The molecular formula is C26H22ClIN2O3. The summed E-state index contributed by atoms with van der Waals surface area (Å²) in [4.78, 5) is 12.5. The van der Waals surface area contributed by atoms with Crippen molar-refractivity contribution in [3.05, 3.63) is 97.6 Å². The molecule has 1 amide bonds. The van der Waals surface area contributed by atoms with Crippen LogP contribution in [0.4, 0.5) is 0 Å². The van der Waals surface area contributed by atoms with Crippen molar-refractivity contribution < 1.29 is 14.3 Å². The highest BCUT2D eigenvalue weighted by Gasteiger charge is 2.14. The maximum atomic E-state index is 12.5. The third-order valence-corrected chi connectivity index (χ3v) is 5.65. The van der Waals surface area contributed by atoms with E-state index in [0.717, 1.165) is 14.7 Å². The van der Waals surface area contributed by atoms with Gasteiger partial charge in [-0.25, -0.2) is 0 Å². The molecule has 0 fully saturated rings. The number of hydrogen-bond donors (Lipinski definition) is 1. The minimum Gasteiger partial charge on any atom is -0.490 e. The number of rotatable bonds is 9. The summed E-state index contributed by atoms with van der Waals surface area (Å²) in [6.07, 6.45) is 1.55. The van der Waals surface area contributed by atoms with E-state index in [2.05, 4.69) is 27.9 Å². The van der Waals surface area contributed by atoms with Crippen LogP contribution in [0, 0.1) is 14.9 Å². The van der Waals surface area contributed by atoms with Crippen molar-refractivity contribution in [2.75, 3.05) is 6.61 Å². The molecule has 3 aromatic carbocycles. The van der Waals surface area contributed by atoms with E-state index < -0.39 is 5.91 Å². The minimum absolute atomic E-state index is 0.0130. The first-order chi connectivity index (χ1) is 16.0. The lowest BCUT2D eigenvalue weighted by atomic mass is 10.1. The topological polar surface area (TPSA) is 71.3 Å². The number of hydrogen-bond acceptors (Lipinski definition) is 4. The first-order valence-electron chi connectivity index (χ1n) is 10.3. The van der Waals surface area contributed by atoms with Crippen molar-refractivity contribution >= 4 is 46.2 Å². The third-order valence-electron chi connectivity index (χ3n) is 4.60. The number of halogens is 2. The predicted molar refractivity (Wildman–Crippen MR) is 138 cm³/mol. The van der Waals surface area contributed by atoms with Crippen LogP contribution in [0.1, 0.15) is 23.6 Å². The summed E-state index contributed by atoms with van der Waals surface area (Å²) in [7, 11) is 0. The van der Waals surface area contributed by atoms with E-state index in [4.69, 9.17) is 21.1 Å². The summed E-state index contributed by atoms with van der Waals surface area (Å²) in [6.45, 7) is 3.03.